The molecular weight excluding hydrogens is 340 g/mol. The number of likely N-dealkylation sites (N-methyl/N-ethyl adjacent to an activating group) is 1. The maximum atomic E-state index is 12.7. The Kier molecular flexibility index (Phi) is 4.60. The molecule has 4 heteroatoms. The fourth-order valence-electron chi connectivity index (χ4n) is 2.86. The standard InChI is InChI=1S/C18H19BrN2O/c1-21(12-15-8-4-5-9-16(15)19)18(22)17-10-13-6-2-3-7-14(13)11-20-17/h2-9,17,20H,10-12H2,1H3. The van der Waals surface area contributed by atoms with Crippen molar-refractivity contribution in [2.45, 2.75) is 25.6 Å². The van der Waals surface area contributed by atoms with Crippen molar-refractivity contribution in [3.63, 3.8) is 0 Å². The summed E-state index contributed by atoms with van der Waals surface area (Å²) in [4.78, 5) is 14.5. The lowest BCUT2D eigenvalue weighted by Gasteiger charge is -2.29. The van der Waals surface area contributed by atoms with Gasteiger partial charge in [0, 0.05) is 24.6 Å². The molecule has 0 bridgehead atoms. The molecule has 114 valence electrons. The van der Waals surface area contributed by atoms with E-state index in [1.165, 1.54) is 11.1 Å². The fourth-order valence-corrected chi connectivity index (χ4v) is 3.27. The molecule has 1 aliphatic heterocycles. The van der Waals surface area contributed by atoms with E-state index >= 15 is 0 Å². The number of amides is 1. The number of nitrogens with one attached hydrogen (secondary N) is 1. The topological polar surface area (TPSA) is 32.3 Å². The lowest BCUT2D eigenvalue weighted by atomic mass is 9.95. The zero-order chi connectivity index (χ0) is 15.5. The number of rotatable bonds is 3. The largest absolute Gasteiger partial charge is 0.340 e. The van der Waals surface area contributed by atoms with Gasteiger partial charge < -0.3 is 10.2 Å². The van der Waals surface area contributed by atoms with Crippen LogP contribution in [0.2, 0.25) is 0 Å². The summed E-state index contributed by atoms with van der Waals surface area (Å²) < 4.78 is 1.04. The highest BCUT2D eigenvalue weighted by atomic mass is 79.9. The summed E-state index contributed by atoms with van der Waals surface area (Å²) in [5.41, 5.74) is 3.68. The Bertz CT molecular complexity index is 686. The number of fused-ring (bicyclic) bond motifs is 1. The molecule has 1 N–H and O–H groups in total. The molecule has 2 aromatic rings. The molecule has 22 heavy (non-hydrogen) atoms. The van der Waals surface area contributed by atoms with Crippen molar-refractivity contribution in [1.29, 1.82) is 0 Å². The number of hydrogen-bond acceptors (Lipinski definition) is 2. The van der Waals surface area contributed by atoms with Gasteiger partial charge in [0.1, 0.15) is 0 Å². The molecule has 3 nitrogen and oxygen atoms in total. The van der Waals surface area contributed by atoms with E-state index in [1.54, 1.807) is 4.90 Å². The monoisotopic (exact) mass is 358 g/mol. The molecular formula is C18H19BrN2O. The number of hydrogen-bond donors (Lipinski definition) is 1. The summed E-state index contributed by atoms with van der Waals surface area (Å²) in [6, 6.07) is 16.2. The highest BCUT2D eigenvalue weighted by molar-refractivity contribution is 9.10. The molecule has 0 saturated carbocycles. The quantitative estimate of drug-likeness (QED) is 0.913. The average Bonchev–Trinajstić information content (AvgIpc) is 2.55. The summed E-state index contributed by atoms with van der Waals surface area (Å²) in [6.07, 6.45) is 0.759. The van der Waals surface area contributed by atoms with Crippen molar-refractivity contribution in [2.24, 2.45) is 0 Å². The van der Waals surface area contributed by atoms with Crippen LogP contribution >= 0.6 is 15.9 Å². The molecule has 1 unspecified atom stereocenters. The Morgan fingerprint density at radius 1 is 1.18 bits per heavy atom. The maximum absolute atomic E-state index is 12.7. The van der Waals surface area contributed by atoms with Crippen LogP contribution in [0.25, 0.3) is 0 Å². The van der Waals surface area contributed by atoms with Crippen LogP contribution in [-0.2, 0) is 24.3 Å². The van der Waals surface area contributed by atoms with E-state index in [4.69, 9.17) is 0 Å². The summed E-state index contributed by atoms with van der Waals surface area (Å²) in [5.74, 6) is 0.144. The van der Waals surface area contributed by atoms with E-state index in [9.17, 15) is 4.79 Å². The Morgan fingerprint density at radius 2 is 1.86 bits per heavy atom. The second kappa shape index (κ2) is 6.63. The molecule has 0 fully saturated rings. The van der Waals surface area contributed by atoms with E-state index in [0.29, 0.717) is 6.54 Å². The highest BCUT2D eigenvalue weighted by Crippen LogP contribution is 2.20. The lowest BCUT2D eigenvalue weighted by Crippen LogP contribution is -2.48. The van der Waals surface area contributed by atoms with Crippen molar-refractivity contribution in [3.05, 3.63) is 69.7 Å². The normalized spacial score (nSPS) is 16.9. The Hall–Kier alpha value is -1.65. The van der Waals surface area contributed by atoms with Gasteiger partial charge in [0.05, 0.1) is 6.04 Å². The fraction of sp³-hybridized carbons (Fsp3) is 0.278. The lowest BCUT2D eigenvalue weighted by molar-refractivity contribution is -0.132. The highest BCUT2D eigenvalue weighted by Gasteiger charge is 2.26. The van der Waals surface area contributed by atoms with Crippen LogP contribution in [0.5, 0.6) is 0 Å². The van der Waals surface area contributed by atoms with Crippen LogP contribution in [0, 0.1) is 0 Å². The molecule has 1 aliphatic rings. The van der Waals surface area contributed by atoms with Crippen LogP contribution in [-0.4, -0.2) is 23.9 Å². The molecule has 0 aromatic heterocycles. The number of carbonyl (C=O) groups is 1. The van der Waals surface area contributed by atoms with Crippen LogP contribution in [0.4, 0.5) is 0 Å². The van der Waals surface area contributed by atoms with Crippen molar-refractivity contribution in [1.82, 2.24) is 10.2 Å². The minimum atomic E-state index is -0.137. The second-order valence-electron chi connectivity index (χ2n) is 5.69. The smallest absolute Gasteiger partial charge is 0.240 e. The maximum Gasteiger partial charge on any atom is 0.240 e. The van der Waals surface area contributed by atoms with Gasteiger partial charge in [-0.05, 0) is 29.2 Å². The molecule has 0 aliphatic carbocycles. The van der Waals surface area contributed by atoms with Gasteiger partial charge >= 0.3 is 0 Å². The predicted octanol–water partition coefficient (Wildman–Crippen LogP) is 3.12. The SMILES string of the molecule is CN(Cc1ccccc1Br)C(=O)C1Cc2ccccc2CN1. The number of halogens is 1. The molecule has 3 rings (SSSR count). The third-order valence-electron chi connectivity index (χ3n) is 4.12. The van der Waals surface area contributed by atoms with Crippen molar-refractivity contribution in [3.8, 4) is 0 Å². The number of benzene rings is 2. The van der Waals surface area contributed by atoms with Crippen LogP contribution in [0.1, 0.15) is 16.7 Å². The molecule has 0 radical (unpaired) electrons. The zero-order valence-corrected chi connectivity index (χ0v) is 14.1. The van der Waals surface area contributed by atoms with E-state index in [-0.39, 0.29) is 11.9 Å². The predicted molar refractivity (Wildman–Crippen MR) is 91.4 cm³/mol. The van der Waals surface area contributed by atoms with Gasteiger partial charge in [0.25, 0.3) is 0 Å². The first-order valence-corrected chi connectivity index (χ1v) is 8.23. The van der Waals surface area contributed by atoms with Crippen molar-refractivity contribution in [2.75, 3.05) is 7.05 Å². The van der Waals surface area contributed by atoms with Gasteiger partial charge in [-0.25, -0.2) is 0 Å². The third kappa shape index (κ3) is 3.23. The molecule has 1 heterocycles. The van der Waals surface area contributed by atoms with E-state index < -0.39 is 0 Å². The minimum Gasteiger partial charge on any atom is -0.340 e. The van der Waals surface area contributed by atoms with E-state index in [1.807, 2.05) is 43.4 Å². The van der Waals surface area contributed by atoms with Gasteiger partial charge in [0.2, 0.25) is 5.91 Å². The summed E-state index contributed by atoms with van der Waals surface area (Å²) in [6.45, 7) is 1.37. The molecule has 2 aromatic carbocycles. The van der Waals surface area contributed by atoms with Gasteiger partial charge in [-0.2, -0.15) is 0 Å². The average molecular weight is 359 g/mol. The summed E-state index contributed by atoms with van der Waals surface area (Å²) in [5, 5.41) is 3.35. The van der Waals surface area contributed by atoms with Gasteiger partial charge in [0.15, 0.2) is 0 Å². The number of nitrogens with zero attached hydrogens (tertiary/aromatic N) is 1. The molecule has 1 atom stereocenters. The van der Waals surface area contributed by atoms with Gasteiger partial charge in [-0.3, -0.25) is 4.79 Å². The summed E-state index contributed by atoms with van der Waals surface area (Å²) >= 11 is 3.54. The van der Waals surface area contributed by atoms with E-state index in [0.717, 1.165) is 23.0 Å². The number of carbonyl (C=O) groups excluding carboxylic acids is 1. The van der Waals surface area contributed by atoms with E-state index in [2.05, 4.69) is 33.4 Å². The first-order chi connectivity index (χ1) is 10.6. The Balaban J connectivity index is 1.68. The first kappa shape index (κ1) is 15.3. The van der Waals surface area contributed by atoms with Gasteiger partial charge in [-0.15, -0.1) is 0 Å². The second-order valence-corrected chi connectivity index (χ2v) is 6.55. The van der Waals surface area contributed by atoms with Crippen LogP contribution in [0.3, 0.4) is 0 Å². The van der Waals surface area contributed by atoms with Crippen molar-refractivity contribution >= 4 is 21.8 Å². The Labute approximate surface area is 139 Å². The summed E-state index contributed by atoms with van der Waals surface area (Å²) in [7, 11) is 1.87. The van der Waals surface area contributed by atoms with Crippen LogP contribution < -0.4 is 5.32 Å². The molecule has 1 amide bonds. The van der Waals surface area contributed by atoms with Gasteiger partial charge in [-0.1, -0.05) is 58.4 Å². The third-order valence-corrected chi connectivity index (χ3v) is 4.89. The van der Waals surface area contributed by atoms with Crippen LogP contribution in [0.15, 0.2) is 53.0 Å². The minimum absolute atomic E-state index is 0.137. The van der Waals surface area contributed by atoms with Crippen molar-refractivity contribution < 1.29 is 4.79 Å². The Morgan fingerprint density at radius 3 is 2.64 bits per heavy atom. The first-order valence-electron chi connectivity index (χ1n) is 7.43. The zero-order valence-electron chi connectivity index (χ0n) is 12.6. The molecule has 0 spiro atoms. The molecule has 0 saturated heterocycles.